The molecule has 0 spiro atoms. The molecule has 0 saturated heterocycles. The highest BCUT2D eigenvalue weighted by molar-refractivity contribution is 6.29. The molecule has 0 aromatic carbocycles. The van der Waals surface area contributed by atoms with E-state index in [2.05, 4.69) is 4.98 Å². The Balaban J connectivity index is 2.86. The highest BCUT2D eigenvalue weighted by atomic mass is 35.5. The van der Waals surface area contributed by atoms with Gasteiger partial charge in [0.15, 0.2) is 0 Å². The molecular weight excluding hydrogens is 162 g/mol. The molecule has 1 aromatic heterocycles. The van der Waals surface area contributed by atoms with Crippen LogP contribution >= 0.6 is 11.6 Å². The first-order valence-corrected chi connectivity index (χ1v) is 3.70. The molecule has 0 aliphatic carbocycles. The quantitative estimate of drug-likeness (QED) is 0.644. The molecule has 0 amide bonds. The summed E-state index contributed by atoms with van der Waals surface area (Å²) in [6.45, 7) is 0.382. The maximum absolute atomic E-state index is 5.64. The molecule has 11 heavy (non-hydrogen) atoms. The van der Waals surface area contributed by atoms with Crippen molar-refractivity contribution in [3.63, 3.8) is 0 Å². The van der Waals surface area contributed by atoms with E-state index >= 15 is 0 Å². The predicted octanol–water partition coefficient (Wildman–Crippen LogP) is 0.693. The lowest BCUT2D eigenvalue weighted by Gasteiger charge is -2.06. The Kier molecular flexibility index (Phi) is 2.82. The van der Waals surface area contributed by atoms with Crippen molar-refractivity contribution in [1.29, 1.82) is 0 Å². The van der Waals surface area contributed by atoms with Gasteiger partial charge in [0.05, 0.1) is 11.7 Å². The van der Waals surface area contributed by atoms with Gasteiger partial charge in [0, 0.05) is 6.54 Å². The molecule has 1 rings (SSSR count). The van der Waals surface area contributed by atoms with Crippen LogP contribution in [0.5, 0.6) is 0 Å². The Morgan fingerprint density at radius 2 is 2.27 bits per heavy atom. The van der Waals surface area contributed by atoms with Gasteiger partial charge in [-0.05, 0) is 12.1 Å². The minimum atomic E-state index is -0.214. The SMILES string of the molecule is NC[C@H](N)c1cccc(Cl)n1. The smallest absolute Gasteiger partial charge is 0.129 e. The molecule has 1 atom stereocenters. The van der Waals surface area contributed by atoms with Crippen LogP contribution in [-0.4, -0.2) is 11.5 Å². The average Bonchev–Trinajstić information content (AvgIpc) is 2.03. The molecule has 0 fully saturated rings. The third-order valence-electron chi connectivity index (χ3n) is 1.37. The molecule has 0 radical (unpaired) electrons. The molecule has 0 aliphatic heterocycles. The minimum absolute atomic E-state index is 0.214. The summed E-state index contributed by atoms with van der Waals surface area (Å²) < 4.78 is 0. The number of nitrogens with two attached hydrogens (primary N) is 2. The molecule has 0 aliphatic rings. The fourth-order valence-electron chi connectivity index (χ4n) is 0.751. The van der Waals surface area contributed by atoms with Gasteiger partial charge in [-0.25, -0.2) is 4.98 Å². The van der Waals surface area contributed by atoms with Gasteiger partial charge in [0.2, 0.25) is 0 Å². The van der Waals surface area contributed by atoms with Crippen LogP contribution in [0.3, 0.4) is 0 Å². The van der Waals surface area contributed by atoms with Gasteiger partial charge < -0.3 is 11.5 Å². The second kappa shape index (κ2) is 3.67. The Labute approximate surface area is 70.4 Å². The van der Waals surface area contributed by atoms with Crippen molar-refractivity contribution >= 4 is 11.6 Å². The van der Waals surface area contributed by atoms with E-state index in [4.69, 9.17) is 23.1 Å². The van der Waals surface area contributed by atoms with Crippen LogP contribution in [0.4, 0.5) is 0 Å². The van der Waals surface area contributed by atoms with Crippen molar-refractivity contribution in [2.45, 2.75) is 6.04 Å². The second-order valence-corrected chi connectivity index (χ2v) is 2.61. The fourth-order valence-corrected chi connectivity index (χ4v) is 0.922. The van der Waals surface area contributed by atoms with Crippen LogP contribution in [-0.2, 0) is 0 Å². The summed E-state index contributed by atoms with van der Waals surface area (Å²) in [5, 5.41) is 0.450. The number of hydrogen-bond acceptors (Lipinski definition) is 3. The second-order valence-electron chi connectivity index (χ2n) is 2.23. The number of hydrogen-bond donors (Lipinski definition) is 2. The van der Waals surface area contributed by atoms with E-state index in [1.807, 2.05) is 6.07 Å². The molecule has 4 heteroatoms. The van der Waals surface area contributed by atoms with Crippen LogP contribution in [0.25, 0.3) is 0 Å². The maximum Gasteiger partial charge on any atom is 0.129 e. The molecule has 3 nitrogen and oxygen atoms in total. The van der Waals surface area contributed by atoms with E-state index < -0.39 is 0 Å². The standard InChI is InChI=1S/C7H10ClN3/c8-7-3-1-2-6(11-7)5(10)4-9/h1-3,5H,4,9-10H2/t5-/m0/s1. The molecule has 1 heterocycles. The Bertz CT molecular complexity index is 239. The first-order valence-electron chi connectivity index (χ1n) is 3.32. The fraction of sp³-hybridized carbons (Fsp3) is 0.286. The van der Waals surface area contributed by atoms with E-state index in [0.29, 0.717) is 11.7 Å². The summed E-state index contributed by atoms with van der Waals surface area (Å²) in [6, 6.07) is 5.10. The van der Waals surface area contributed by atoms with Crippen molar-refractivity contribution in [1.82, 2.24) is 4.98 Å². The van der Waals surface area contributed by atoms with Gasteiger partial charge in [-0.2, -0.15) is 0 Å². The summed E-state index contributed by atoms with van der Waals surface area (Å²) in [5.41, 5.74) is 11.7. The Morgan fingerprint density at radius 3 is 2.82 bits per heavy atom. The Hall–Kier alpha value is -0.640. The van der Waals surface area contributed by atoms with E-state index in [1.54, 1.807) is 12.1 Å². The van der Waals surface area contributed by atoms with Crippen LogP contribution in [0.1, 0.15) is 11.7 Å². The zero-order valence-corrected chi connectivity index (χ0v) is 6.75. The average molecular weight is 172 g/mol. The van der Waals surface area contributed by atoms with Gasteiger partial charge in [-0.15, -0.1) is 0 Å². The summed E-state index contributed by atoms with van der Waals surface area (Å²) in [7, 11) is 0. The highest BCUT2D eigenvalue weighted by Gasteiger charge is 2.03. The van der Waals surface area contributed by atoms with E-state index in [9.17, 15) is 0 Å². The zero-order valence-electron chi connectivity index (χ0n) is 6.00. The first kappa shape index (κ1) is 8.46. The number of pyridine rings is 1. The Morgan fingerprint density at radius 1 is 1.55 bits per heavy atom. The number of rotatable bonds is 2. The van der Waals surface area contributed by atoms with E-state index in [0.717, 1.165) is 5.69 Å². The van der Waals surface area contributed by atoms with Crippen LogP contribution in [0.15, 0.2) is 18.2 Å². The zero-order chi connectivity index (χ0) is 8.27. The van der Waals surface area contributed by atoms with Crippen LogP contribution < -0.4 is 11.5 Å². The van der Waals surface area contributed by atoms with Crippen molar-refractivity contribution in [2.75, 3.05) is 6.54 Å². The monoisotopic (exact) mass is 171 g/mol. The topological polar surface area (TPSA) is 64.9 Å². The predicted molar refractivity (Wildman–Crippen MR) is 45.2 cm³/mol. The van der Waals surface area contributed by atoms with Gasteiger partial charge in [-0.3, -0.25) is 0 Å². The summed E-state index contributed by atoms with van der Waals surface area (Å²) in [6.07, 6.45) is 0. The number of nitrogens with zero attached hydrogens (tertiary/aromatic N) is 1. The molecule has 1 aromatic rings. The van der Waals surface area contributed by atoms with E-state index in [-0.39, 0.29) is 6.04 Å². The van der Waals surface area contributed by atoms with E-state index in [1.165, 1.54) is 0 Å². The van der Waals surface area contributed by atoms with Gasteiger partial charge in [-0.1, -0.05) is 17.7 Å². The lowest BCUT2D eigenvalue weighted by Crippen LogP contribution is -2.21. The number of aromatic nitrogens is 1. The summed E-state index contributed by atoms with van der Waals surface area (Å²) in [4.78, 5) is 4.00. The molecule has 60 valence electrons. The third-order valence-corrected chi connectivity index (χ3v) is 1.58. The minimum Gasteiger partial charge on any atom is -0.329 e. The number of halogens is 1. The summed E-state index contributed by atoms with van der Waals surface area (Å²) >= 11 is 5.64. The van der Waals surface area contributed by atoms with Crippen molar-refractivity contribution < 1.29 is 0 Å². The lowest BCUT2D eigenvalue weighted by atomic mass is 10.2. The molecule has 0 unspecified atom stereocenters. The largest absolute Gasteiger partial charge is 0.329 e. The van der Waals surface area contributed by atoms with Crippen LogP contribution in [0, 0.1) is 0 Å². The van der Waals surface area contributed by atoms with Gasteiger partial charge >= 0.3 is 0 Å². The first-order chi connectivity index (χ1) is 5.24. The molecule has 4 N–H and O–H groups in total. The van der Waals surface area contributed by atoms with Crippen molar-refractivity contribution in [3.05, 3.63) is 29.0 Å². The normalized spacial score (nSPS) is 13.0. The van der Waals surface area contributed by atoms with Crippen LogP contribution in [0.2, 0.25) is 5.15 Å². The van der Waals surface area contributed by atoms with Gasteiger partial charge in [0.25, 0.3) is 0 Å². The third kappa shape index (κ3) is 2.15. The lowest BCUT2D eigenvalue weighted by molar-refractivity contribution is 0.711. The maximum atomic E-state index is 5.64. The summed E-state index contributed by atoms with van der Waals surface area (Å²) in [5.74, 6) is 0. The molecular formula is C7H10ClN3. The molecule has 0 bridgehead atoms. The van der Waals surface area contributed by atoms with Crippen molar-refractivity contribution in [3.8, 4) is 0 Å². The highest BCUT2D eigenvalue weighted by Crippen LogP contribution is 2.09. The van der Waals surface area contributed by atoms with Crippen molar-refractivity contribution in [2.24, 2.45) is 11.5 Å². The molecule has 0 saturated carbocycles. The van der Waals surface area contributed by atoms with Gasteiger partial charge in [0.1, 0.15) is 5.15 Å².